The van der Waals surface area contributed by atoms with Crippen molar-refractivity contribution in [3.05, 3.63) is 0 Å². The topological polar surface area (TPSA) is 26.3 Å². The van der Waals surface area contributed by atoms with E-state index in [0.717, 1.165) is 31.1 Å². The molecule has 0 radical (unpaired) electrons. The molecule has 100 valence electrons. The van der Waals surface area contributed by atoms with E-state index in [1.807, 2.05) is 13.8 Å². The zero-order valence-electron chi connectivity index (χ0n) is 12.1. The molecule has 0 aliphatic heterocycles. The van der Waals surface area contributed by atoms with Gasteiger partial charge in [-0.2, -0.15) is 0 Å². The quantitative estimate of drug-likeness (QED) is 0.689. The van der Waals surface area contributed by atoms with E-state index >= 15 is 0 Å². The molecule has 0 N–H and O–H groups in total. The monoisotopic (exact) mass is 240 g/mol. The van der Waals surface area contributed by atoms with Gasteiger partial charge in [-0.15, -0.1) is 0 Å². The van der Waals surface area contributed by atoms with Crippen LogP contribution in [-0.2, 0) is 9.53 Å². The molecule has 2 heteroatoms. The van der Waals surface area contributed by atoms with Gasteiger partial charge >= 0.3 is 5.97 Å². The minimum Gasteiger partial charge on any atom is -0.459 e. The Hall–Kier alpha value is -0.530. The molecule has 1 saturated carbocycles. The molecular formula is C15H28O2. The first-order valence-electron chi connectivity index (χ1n) is 7.11. The maximum Gasteiger partial charge on any atom is 0.309 e. The van der Waals surface area contributed by atoms with Crippen LogP contribution >= 0.6 is 0 Å². The highest BCUT2D eigenvalue weighted by molar-refractivity contribution is 5.72. The van der Waals surface area contributed by atoms with E-state index in [9.17, 15) is 4.79 Å². The van der Waals surface area contributed by atoms with Crippen LogP contribution in [0.5, 0.6) is 0 Å². The van der Waals surface area contributed by atoms with E-state index in [1.165, 1.54) is 12.8 Å². The Bertz CT molecular complexity index is 250. The third-order valence-corrected chi connectivity index (χ3v) is 4.39. The third kappa shape index (κ3) is 4.01. The van der Waals surface area contributed by atoms with Crippen LogP contribution < -0.4 is 0 Å². The number of hydrogen-bond donors (Lipinski definition) is 0. The average Bonchev–Trinajstić information content (AvgIpc) is 2.27. The molecule has 0 aromatic rings. The van der Waals surface area contributed by atoms with Gasteiger partial charge in [-0.25, -0.2) is 0 Å². The van der Waals surface area contributed by atoms with Crippen molar-refractivity contribution in [1.82, 2.24) is 0 Å². The molecule has 0 aromatic carbocycles. The van der Waals surface area contributed by atoms with Crippen molar-refractivity contribution in [3.8, 4) is 0 Å². The lowest BCUT2D eigenvalue weighted by Crippen LogP contribution is -2.38. The smallest absolute Gasteiger partial charge is 0.309 e. The van der Waals surface area contributed by atoms with Crippen LogP contribution in [0.25, 0.3) is 0 Å². The van der Waals surface area contributed by atoms with Crippen molar-refractivity contribution < 1.29 is 9.53 Å². The highest BCUT2D eigenvalue weighted by Gasteiger charge is 2.35. The Morgan fingerprint density at radius 3 is 2.24 bits per heavy atom. The lowest BCUT2D eigenvalue weighted by atomic mass is 9.75. The summed E-state index contributed by atoms with van der Waals surface area (Å²) >= 11 is 0. The fourth-order valence-electron chi connectivity index (χ4n) is 2.53. The first-order chi connectivity index (χ1) is 7.88. The highest BCUT2D eigenvalue weighted by atomic mass is 16.6. The molecule has 1 rings (SSSR count). The van der Waals surface area contributed by atoms with E-state index in [1.54, 1.807) is 0 Å². The molecular weight excluding hydrogens is 212 g/mol. The fourth-order valence-corrected chi connectivity index (χ4v) is 2.53. The van der Waals surface area contributed by atoms with Gasteiger partial charge in [-0.1, -0.05) is 27.7 Å². The van der Waals surface area contributed by atoms with Gasteiger partial charge in [0.05, 0.1) is 5.92 Å². The van der Waals surface area contributed by atoms with Crippen LogP contribution in [0.4, 0.5) is 0 Å². The van der Waals surface area contributed by atoms with Gasteiger partial charge in [-0.3, -0.25) is 4.79 Å². The van der Waals surface area contributed by atoms with Crippen LogP contribution in [0.1, 0.15) is 66.7 Å². The van der Waals surface area contributed by atoms with Crippen LogP contribution in [0, 0.1) is 17.8 Å². The Labute approximate surface area is 106 Å². The molecule has 1 aliphatic rings. The molecule has 17 heavy (non-hydrogen) atoms. The lowest BCUT2D eigenvalue weighted by Gasteiger charge is -2.38. The van der Waals surface area contributed by atoms with Crippen LogP contribution in [0.15, 0.2) is 0 Å². The van der Waals surface area contributed by atoms with Gasteiger partial charge in [-0.05, 0) is 50.9 Å². The maximum absolute atomic E-state index is 11.8. The maximum atomic E-state index is 11.8. The molecule has 0 heterocycles. The summed E-state index contributed by atoms with van der Waals surface area (Å²) in [6.45, 7) is 10.7. The van der Waals surface area contributed by atoms with Crippen molar-refractivity contribution in [2.75, 3.05) is 0 Å². The average molecular weight is 240 g/mol. The van der Waals surface area contributed by atoms with E-state index < -0.39 is 0 Å². The Balaban J connectivity index is 2.47. The van der Waals surface area contributed by atoms with Crippen molar-refractivity contribution in [2.24, 2.45) is 17.8 Å². The molecule has 1 unspecified atom stereocenters. The summed E-state index contributed by atoms with van der Waals surface area (Å²) in [5.41, 5.74) is -0.202. The van der Waals surface area contributed by atoms with E-state index in [-0.39, 0.29) is 17.5 Å². The Kier molecular flexibility index (Phi) is 5.03. The second-order valence-electron chi connectivity index (χ2n) is 6.26. The molecule has 1 atom stereocenters. The lowest BCUT2D eigenvalue weighted by molar-refractivity contribution is -0.167. The predicted octanol–water partition coefficient (Wildman–Crippen LogP) is 4.18. The Morgan fingerprint density at radius 1 is 1.29 bits per heavy atom. The summed E-state index contributed by atoms with van der Waals surface area (Å²) in [5, 5.41) is 0. The first kappa shape index (κ1) is 14.5. The van der Waals surface area contributed by atoms with E-state index in [4.69, 9.17) is 4.74 Å². The van der Waals surface area contributed by atoms with Gasteiger partial charge < -0.3 is 4.74 Å². The second-order valence-corrected chi connectivity index (χ2v) is 6.26. The van der Waals surface area contributed by atoms with Gasteiger partial charge in [0.25, 0.3) is 0 Å². The molecule has 0 saturated heterocycles. The molecule has 2 nitrogen and oxygen atoms in total. The van der Waals surface area contributed by atoms with Gasteiger partial charge in [0.1, 0.15) is 5.60 Å². The number of ether oxygens (including phenoxy) is 1. The molecule has 1 fully saturated rings. The predicted molar refractivity (Wildman–Crippen MR) is 70.7 cm³/mol. The van der Waals surface area contributed by atoms with E-state index in [2.05, 4.69) is 20.8 Å². The Morgan fingerprint density at radius 2 is 1.82 bits per heavy atom. The minimum absolute atomic E-state index is 0.0157. The number of carbonyl (C=O) groups is 1. The number of rotatable bonds is 4. The SMILES string of the molecule is CCC(C)C(=O)OC1(C)CCC(C(C)C)CC1. The van der Waals surface area contributed by atoms with E-state index in [0.29, 0.717) is 0 Å². The fraction of sp³-hybridized carbons (Fsp3) is 0.933. The molecule has 0 aromatic heterocycles. The van der Waals surface area contributed by atoms with Gasteiger partial charge in [0.15, 0.2) is 0 Å². The zero-order valence-corrected chi connectivity index (χ0v) is 12.1. The largest absolute Gasteiger partial charge is 0.459 e. The van der Waals surface area contributed by atoms with Crippen molar-refractivity contribution >= 4 is 5.97 Å². The van der Waals surface area contributed by atoms with Gasteiger partial charge in [0.2, 0.25) is 0 Å². The number of hydrogen-bond acceptors (Lipinski definition) is 2. The van der Waals surface area contributed by atoms with Gasteiger partial charge in [0, 0.05) is 0 Å². The number of esters is 1. The summed E-state index contributed by atoms with van der Waals surface area (Å²) in [7, 11) is 0. The van der Waals surface area contributed by atoms with Crippen LogP contribution in [0.3, 0.4) is 0 Å². The first-order valence-corrected chi connectivity index (χ1v) is 7.11. The summed E-state index contributed by atoms with van der Waals surface area (Å²) in [5.74, 6) is 1.59. The normalized spacial score (nSPS) is 31.3. The summed E-state index contributed by atoms with van der Waals surface area (Å²) in [6.07, 6.45) is 5.31. The molecule has 1 aliphatic carbocycles. The number of carbonyl (C=O) groups excluding carboxylic acids is 1. The minimum atomic E-state index is -0.202. The standard InChI is InChI=1S/C15H28O2/c1-6-12(4)14(16)17-15(5)9-7-13(8-10-15)11(2)3/h11-13H,6-10H2,1-5H3. The van der Waals surface area contributed by atoms with Crippen molar-refractivity contribution in [2.45, 2.75) is 72.3 Å². The van der Waals surface area contributed by atoms with Crippen LogP contribution in [-0.4, -0.2) is 11.6 Å². The summed E-state index contributed by atoms with van der Waals surface area (Å²) in [6, 6.07) is 0. The second kappa shape index (κ2) is 5.88. The highest BCUT2D eigenvalue weighted by Crippen LogP contribution is 2.38. The molecule has 0 bridgehead atoms. The summed E-state index contributed by atoms with van der Waals surface area (Å²) in [4.78, 5) is 11.8. The zero-order chi connectivity index (χ0) is 13.1. The third-order valence-electron chi connectivity index (χ3n) is 4.39. The molecule has 0 spiro atoms. The molecule has 0 amide bonds. The summed E-state index contributed by atoms with van der Waals surface area (Å²) < 4.78 is 5.72. The van der Waals surface area contributed by atoms with Crippen molar-refractivity contribution in [3.63, 3.8) is 0 Å². The van der Waals surface area contributed by atoms with Crippen LogP contribution in [0.2, 0.25) is 0 Å². The van der Waals surface area contributed by atoms with Crippen molar-refractivity contribution in [1.29, 1.82) is 0 Å².